The van der Waals surface area contributed by atoms with Crippen molar-refractivity contribution < 1.29 is 9.53 Å². The van der Waals surface area contributed by atoms with Gasteiger partial charge in [0.25, 0.3) is 5.91 Å². The molecule has 0 atom stereocenters. The van der Waals surface area contributed by atoms with Crippen LogP contribution in [0.4, 0.5) is 11.4 Å². The second-order valence-corrected chi connectivity index (χ2v) is 10.1. The smallest absolute Gasteiger partial charge is 0.271 e. The molecule has 4 aromatic carbocycles. The van der Waals surface area contributed by atoms with Gasteiger partial charge in [-0.15, -0.1) is 0 Å². The molecule has 1 amide bonds. The van der Waals surface area contributed by atoms with Crippen LogP contribution in [0, 0.1) is 20.8 Å². The van der Waals surface area contributed by atoms with Crippen LogP contribution in [-0.2, 0) is 11.4 Å². The molecule has 5 rings (SSSR count). The molecule has 0 bridgehead atoms. The van der Waals surface area contributed by atoms with Crippen LogP contribution in [0.5, 0.6) is 5.75 Å². The third kappa shape index (κ3) is 5.84. The van der Waals surface area contributed by atoms with Gasteiger partial charge in [0.2, 0.25) is 0 Å². The normalized spacial score (nSPS) is 15.5. The van der Waals surface area contributed by atoms with E-state index in [-0.39, 0.29) is 5.91 Å². The van der Waals surface area contributed by atoms with Crippen molar-refractivity contribution in [2.75, 3.05) is 4.90 Å². The maximum absolute atomic E-state index is 13.7. The van der Waals surface area contributed by atoms with Crippen molar-refractivity contribution in [1.82, 2.24) is 0 Å². The number of hydrogen-bond acceptors (Lipinski definition) is 4. The van der Waals surface area contributed by atoms with Gasteiger partial charge in [-0.3, -0.25) is 9.69 Å². The molecule has 1 heterocycles. The Kier molecular flexibility index (Phi) is 7.24. The highest BCUT2D eigenvalue weighted by molar-refractivity contribution is 8.19. The number of aliphatic imine (C=N–C) groups is 1. The Morgan fingerprint density at radius 2 is 1.38 bits per heavy atom. The van der Waals surface area contributed by atoms with E-state index in [1.165, 1.54) is 17.3 Å². The van der Waals surface area contributed by atoms with Crippen LogP contribution in [0.15, 0.2) is 107 Å². The first-order valence-electron chi connectivity index (χ1n) is 12.2. The lowest BCUT2D eigenvalue weighted by atomic mass is 10.1. The molecule has 1 fully saturated rings. The fourth-order valence-electron chi connectivity index (χ4n) is 3.92. The van der Waals surface area contributed by atoms with Crippen molar-refractivity contribution in [2.45, 2.75) is 27.4 Å². The zero-order valence-electron chi connectivity index (χ0n) is 21.1. The SMILES string of the molecule is Cc1ccc(COc2ccccc2/C=C2\SC(=Nc3ccc(C)cc3)N(c3ccc(C)cc3)C2=O)cc1. The number of thioether (sulfide) groups is 1. The minimum Gasteiger partial charge on any atom is -0.488 e. The summed E-state index contributed by atoms with van der Waals surface area (Å²) in [5, 5.41) is 0.627. The molecule has 0 saturated carbocycles. The molecule has 4 aromatic rings. The maximum atomic E-state index is 13.7. The molecule has 0 spiro atoms. The number of amides is 1. The quantitative estimate of drug-likeness (QED) is 0.250. The Morgan fingerprint density at radius 1 is 0.784 bits per heavy atom. The lowest BCUT2D eigenvalue weighted by molar-refractivity contribution is -0.113. The van der Waals surface area contributed by atoms with Gasteiger partial charge in [0.1, 0.15) is 12.4 Å². The molecule has 0 aliphatic carbocycles. The van der Waals surface area contributed by atoms with Crippen LogP contribution < -0.4 is 9.64 Å². The van der Waals surface area contributed by atoms with E-state index >= 15 is 0 Å². The van der Waals surface area contributed by atoms with Gasteiger partial charge in [0.15, 0.2) is 5.17 Å². The Bertz CT molecular complexity index is 1470. The number of amidine groups is 1. The van der Waals surface area contributed by atoms with Gasteiger partial charge in [-0.1, -0.05) is 83.4 Å². The van der Waals surface area contributed by atoms with Crippen LogP contribution in [0.3, 0.4) is 0 Å². The highest BCUT2D eigenvalue weighted by Crippen LogP contribution is 2.38. The Balaban J connectivity index is 1.47. The van der Waals surface area contributed by atoms with Crippen LogP contribution in [0.2, 0.25) is 0 Å². The molecule has 0 N–H and O–H groups in total. The third-order valence-corrected chi connectivity index (χ3v) is 7.05. The molecule has 5 heteroatoms. The Hall–Kier alpha value is -4.09. The van der Waals surface area contributed by atoms with Crippen molar-refractivity contribution in [3.8, 4) is 5.75 Å². The predicted molar refractivity (Wildman–Crippen MR) is 154 cm³/mol. The van der Waals surface area contributed by atoms with E-state index in [1.54, 1.807) is 4.90 Å². The van der Waals surface area contributed by atoms with Crippen molar-refractivity contribution in [1.29, 1.82) is 0 Å². The first-order chi connectivity index (χ1) is 18.0. The molecule has 1 aliphatic rings. The predicted octanol–water partition coefficient (Wildman–Crippen LogP) is 8.00. The van der Waals surface area contributed by atoms with Crippen molar-refractivity contribution in [2.24, 2.45) is 4.99 Å². The van der Waals surface area contributed by atoms with Gasteiger partial charge in [-0.2, -0.15) is 0 Å². The zero-order valence-corrected chi connectivity index (χ0v) is 22.0. The standard InChI is InChI=1S/C32H28N2O2S/c1-22-8-14-25(15-9-22)21-36-29-7-5-4-6-26(29)20-30-31(35)34(28-18-12-24(3)13-19-28)32(37-30)33-27-16-10-23(2)11-17-27/h4-20H,21H2,1-3H3/b30-20-,33-32?. The second kappa shape index (κ2) is 10.9. The highest BCUT2D eigenvalue weighted by Gasteiger charge is 2.35. The molecular weight excluding hydrogens is 476 g/mol. The molecule has 1 aliphatic heterocycles. The van der Waals surface area contributed by atoms with Gasteiger partial charge in [-0.05, 0) is 74.5 Å². The summed E-state index contributed by atoms with van der Waals surface area (Å²) in [7, 11) is 0. The third-order valence-electron chi connectivity index (χ3n) is 6.08. The molecule has 0 radical (unpaired) electrons. The van der Waals surface area contributed by atoms with E-state index in [0.717, 1.165) is 39.4 Å². The van der Waals surface area contributed by atoms with Crippen LogP contribution >= 0.6 is 11.8 Å². The number of para-hydroxylation sites is 1. The number of aryl methyl sites for hydroxylation is 3. The van der Waals surface area contributed by atoms with Crippen molar-refractivity contribution >= 4 is 40.3 Å². The fraction of sp³-hybridized carbons (Fsp3) is 0.125. The zero-order chi connectivity index (χ0) is 25.8. The molecule has 1 saturated heterocycles. The summed E-state index contributed by atoms with van der Waals surface area (Å²) in [5.41, 5.74) is 7.06. The largest absolute Gasteiger partial charge is 0.488 e. The number of anilines is 1. The Labute approximate surface area is 222 Å². The number of hydrogen-bond donors (Lipinski definition) is 0. The summed E-state index contributed by atoms with van der Waals surface area (Å²) >= 11 is 1.38. The van der Waals surface area contributed by atoms with E-state index in [9.17, 15) is 4.79 Å². The average Bonchev–Trinajstić information content (AvgIpc) is 3.20. The number of rotatable bonds is 6. The van der Waals surface area contributed by atoms with E-state index in [1.807, 2.05) is 92.7 Å². The van der Waals surface area contributed by atoms with E-state index < -0.39 is 0 Å². The van der Waals surface area contributed by atoms with Crippen LogP contribution in [0.1, 0.15) is 27.8 Å². The summed E-state index contributed by atoms with van der Waals surface area (Å²) in [5.74, 6) is 0.628. The first kappa shape index (κ1) is 24.6. The van der Waals surface area contributed by atoms with Crippen molar-refractivity contribution in [3.63, 3.8) is 0 Å². The van der Waals surface area contributed by atoms with E-state index in [0.29, 0.717) is 16.7 Å². The number of ether oxygens (including phenoxy) is 1. The first-order valence-corrected chi connectivity index (χ1v) is 13.0. The lowest BCUT2D eigenvalue weighted by Gasteiger charge is -2.16. The molecule has 0 aromatic heterocycles. The second-order valence-electron chi connectivity index (χ2n) is 9.13. The monoisotopic (exact) mass is 504 g/mol. The van der Waals surface area contributed by atoms with E-state index in [4.69, 9.17) is 9.73 Å². The lowest BCUT2D eigenvalue weighted by Crippen LogP contribution is -2.28. The van der Waals surface area contributed by atoms with Gasteiger partial charge in [-0.25, -0.2) is 4.99 Å². The Morgan fingerprint density at radius 3 is 2.05 bits per heavy atom. The number of carbonyl (C=O) groups excluding carboxylic acids is 1. The molecular formula is C32H28N2O2S. The topological polar surface area (TPSA) is 41.9 Å². The van der Waals surface area contributed by atoms with E-state index in [2.05, 4.69) is 31.2 Å². The van der Waals surface area contributed by atoms with Crippen LogP contribution in [0.25, 0.3) is 6.08 Å². The summed E-state index contributed by atoms with van der Waals surface area (Å²) in [6, 6.07) is 32.0. The number of nitrogens with zero attached hydrogens (tertiary/aromatic N) is 2. The maximum Gasteiger partial charge on any atom is 0.271 e. The highest BCUT2D eigenvalue weighted by atomic mass is 32.2. The molecule has 37 heavy (non-hydrogen) atoms. The summed E-state index contributed by atoms with van der Waals surface area (Å²) in [4.78, 5) is 20.8. The summed E-state index contributed by atoms with van der Waals surface area (Å²) in [6.45, 7) is 6.60. The van der Waals surface area contributed by atoms with Crippen molar-refractivity contribution in [3.05, 3.63) is 130 Å². The van der Waals surface area contributed by atoms with Gasteiger partial charge >= 0.3 is 0 Å². The number of benzene rings is 4. The minimum atomic E-state index is -0.104. The summed E-state index contributed by atoms with van der Waals surface area (Å²) in [6.07, 6.45) is 1.90. The van der Waals surface area contributed by atoms with Gasteiger partial charge < -0.3 is 4.74 Å². The van der Waals surface area contributed by atoms with Crippen LogP contribution in [-0.4, -0.2) is 11.1 Å². The van der Waals surface area contributed by atoms with Gasteiger partial charge in [0, 0.05) is 5.56 Å². The molecule has 4 nitrogen and oxygen atoms in total. The minimum absolute atomic E-state index is 0.104. The molecule has 184 valence electrons. The number of carbonyl (C=O) groups is 1. The average molecular weight is 505 g/mol. The fourth-order valence-corrected chi connectivity index (χ4v) is 4.91. The van der Waals surface area contributed by atoms with Gasteiger partial charge in [0.05, 0.1) is 16.3 Å². The molecule has 0 unspecified atom stereocenters. The summed E-state index contributed by atoms with van der Waals surface area (Å²) < 4.78 is 6.16.